The van der Waals surface area contributed by atoms with E-state index in [0.29, 0.717) is 17.0 Å². The number of anilines is 1. The van der Waals surface area contributed by atoms with Gasteiger partial charge in [-0.1, -0.05) is 12.8 Å². The largest absolute Gasteiger partial charge is 0.391 e. The minimum Gasteiger partial charge on any atom is -0.391 e. The number of imidazole rings is 1. The molecular formula is C13H16FN3O. The molecule has 5 heteroatoms. The van der Waals surface area contributed by atoms with Crippen molar-refractivity contribution in [3.8, 4) is 0 Å². The summed E-state index contributed by atoms with van der Waals surface area (Å²) in [5.41, 5.74) is 7.25. The minimum atomic E-state index is -0.429. The molecule has 1 heterocycles. The number of halogens is 1. The first-order valence-corrected chi connectivity index (χ1v) is 6.28. The van der Waals surface area contributed by atoms with Crippen LogP contribution in [-0.4, -0.2) is 20.8 Å². The Kier molecular flexibility index (Phi) is 2.70. The number of benzene rings is 1. The fraction of sp³-hybridized carbons (Fsp3) is 0.462. The van der Waals surface area contributed by atoms with Crippen LogP contribution in [0.25, 0.3) is 11.0 Å². The van der Waals surface area contributed by atoms with Gasteiger partial charge in [0.25, 0.3) is 0 Å². The molecule has 1 fully saturated rings. The molecule has 18 heavy (non-hydrogen) atoms. The van der Waals surface area contributed by atoms with E-state index in [-0.39, 0.29) is 11.9 Å². The number of fused-ring (bicyclic) bond motifs is 1. The highest BCUT2D eigenvalue weighted by molar-refractivity contribution is 5.78. The second-order valence-corrected chi connectivity index (χ2v) is 4.89. The molecule has 2 atom stereocenters. The average molecular weight is 249 g/mol. The van der Waals surface area contributed by atoms with Crippen LogP contribution in [0.3, 0.4) is 0 Å². The second kappa shape index (κ2) is 4.24. The lowest BCUT2D eigenvalue weighted by Gasteiger charge is -2.29. The van der Waals surface area contributed by atoms with E-state index in [1.54, 1.807) is 10.6 Å². The molecule has 3 rings (SSSR count). The number of hydrogen-bond donors (Lipinski definition) is 2. The average Bonchev–Trinajstić information content (AvgIpc) is 2.66. The Morgan fingerprint density at radius 2 is 2.11 bits per heavy atom. The Labute approximate surface area is 104 Å². The van der Waals surface area contributed by atoms with Crippen LogP contribution in [0.4, 0.5) is 10.3 Å². The predicted molar refractivity (Wildman–Crippen MR) is 67.6 cm³/mol. The molecule has 96 valence electrons. The summed E-state index contributed by atoms with van der Waals surface area (Å²) in [5.74, 6) is 0.0375. The van der Waals surface area contributed by atoms with E-state index >= 15 is 0 Å². The number of nitrogens with two attached hydrogens (primary N) is 1. The number of aromatic nitrogens is 2. The molecule has 1 saturated carbocycles. The topological polar surface area (TPSA) is 64.1 Å². The third-order valence-corrected chi connectivity index (χ3v) is 3.70. The Hall–Kier alpha value is -1.62. The maximum absolute atomic E-state index is 13.3. The molecule has 1 aromatic carbocycles. The molecule has 2 aromatic rings. The van der Waals surface area contributed by atoms with Crippen LogP contribution in [0, 0.1) is 5.82 Å². The molecule has 1 aliphatic carbocycles. The van der Waals surface area contributed by atoms with Crippen LogP contribution < -0.4 is 5.73 Å². The molecule has 0 amide bonds. The molecule has 0 bridgehead atoms. The van der Waals surface area contributed by atoms with E-state index in [2.05, 4.69) is 4.98 Å². The van der Waals surface area contributed by atoms with Gasteiger partial charge >= 0.3 is 0 Å². The maximum atomic E-state index is 13.3. The summed E-state index contributed by atoms with van der Waals surface area (Å²) in [4.78, 5) is 4.23. The summed E-state index contributed by atoms with van der Waals surface area (Å²) in [6.07, 6.45) is 3.27. The fourth-order valence-corrected chi connectivity index (χ4v) is 2.83. The Balaban J connectivity index is 2.14. The first-order valence-electron chi connectivity index (χ1n) is 6.28. The van der Waals surface area contributed by atoms with Gasteiger partial charge in [0.05, 0.1) is 23.2 Å². The van der Waals surface area contributed by atoms with E-state index in [4.69, 9.17) is 5.73 Å². The highest BCUT2D eigenvalue weighted by Crippen LogP contribution is 2.33. The summed E-state index contributed by atoms with van der Waals surface area (Å²) >= 11 is 0. The van der Waals surface area contributed by atoms with Crippen molar-refractivity contribution in [3.05, 3.63) is 24.0 Å². The molecule has 0 aliphatic heterocycles. The molecule has 4 nitrogen and oxygen atoms in total. The first-order chi connectivity index (χ1) is 8.66. The summed E-state index contributed by atoms with van der Waals surface area (Å²) in [6.45, 7) is 0. The standard InChI is InChI=1S/C13H16FN3O/c14-8-5-6-9-11(7-8)17(13(15)16-9)10-3-1-2-4-12(10)18/h5-7,10,12,18H,1-4H2,(H2,15,16). The fourth-order valence-electron chi connectivity index (χ4n) is 2.83. The van der Waals surface area contributed by atoms with Crippen LogP contribution in [0.1, 0.15) is 31.7 Å². The van der Waals surface area contributed by atoms with E-state index in [1.165, 1.54) is 12.1 Å². The molecule has 0 radical (unpaired) electrons. The van der Waals surface area contributed by atoms with Gasteiger partial charge in [0.15, 0.2) is 0 Å². The van der Waals surface area contributed by atoms with E-state index in [9.17, 15) is 9.50 Å². The van der Waals surface area contributed by atoms with Crippen LogP contribution in [0.5, 0.6) is 0 Å². The number of aliphatic hydroxyl groups excluding tert-OH is 1. The van der Waals surface area contributed by atoms with Crippen LogP contribution >= 0.6 is 0 Å². The van der Waals surface area contributed by atoms with Gasteiger partial charge in [0.2, 0.25) is 5.95 Å². The zero-order valence-corrected chi connectivity index (χ0v) is 10.0. The van der Waals surface area contributed by atoms with E-state index in [0.717, 1.165) is 25.7 Å². The highest BCUT2D eigenvalue weighted by atomic mass is 19.1. The third-order valence-electron chi connectivity index (χ3n) is 3.70. The number of rotatable bonds is 1. The van der Waals surface area contributed by atoms with Gasteiger partial charge in [0, 0.05) is 0 Å². The van der Waals surface area contributed by atoms with Gasteiger partial charge in [-0.25, -0.2) is 9.37 Å². The molecule has 3 N–H and O–H groups in total. The monoisotopic (exact) mass is 249 g/mol. The molecule has 0 spiro atoms. The lowest BCUT2D eigenvalue weighted by atomic mass is 9.92. The SMILES string of the molecule is Nc1nc2ccc(F)cc2n1C1CCCCC1O. The number of nitrogen functional groups attached to an aromatic ring is 1. The van der Waals surface area contributed by atoms with Crippen molar-refractivity contribution >= 4 is 17.0 Å². The van der Waals surface area contributed by atoms with Crippen molar-refractivity contribution in [2.24, 2.45) is 0 Å². The highest BCUT2D eigenvalue weighted by Gasteiger charge is 2.27. The minimum absolute atomic E-state index is 0.0921. The van der Waals surface area contributed by atoms with E-state index < -0.39 is 6.10 Å². The molecular weight excluding hydrogens is 233 g/mol. The van der Waals surface area contributed by atoms with Gasteiger partial charge in [0.1, 0.15) is 5.82 Å². The van der Waals surface area contributed by atoms with Crippen molar-refractivity contribution in [1.29, 1.82) is 0 Å². The van der Waals surface area contributed by atoms with Crippen molar-refractivity contribution < 1.29 is 9.50 Å². The predicted octanol–water partition coefficient (Wildman–Crippen LogP) is 2.23. The maximum Gasteiger partial charge on any atom is 0.201 e. The number of aliphatic hydroxyl groups is 1. The summed E-state index contributed by atoms with van der Waals surface area (Å²) in [5, 5.41) is 10.1. The van der Waals surface area contributed by atoms with Crippen LogP contribution in [0.2, 0.25) is 0 Å². The zero-order chi connectivity index (χ0) is 12.7. The molecule has 2 unspecified atom stereocenters. The normalized spacial score (nSPS) is 24.6. The van der Waals surface area contributed by atoms with Crippen LogP contribution in [0.15, 0.2) is 18.2 Å². The summed E-state index contributed by atoms with van der Waals surface area (Å²) in [7, 11) is 0. The second-order valence-electron chi connectivity index (χ2n) is 4.89. The molecule has 0 saturated heterocycles. The van der Waals surface area contributed by atoms with Gasteiger partial charge in [-0.2, -0.15) is 0 Å². The first kappa shape index (κ1) is 11.5. The zero-order valence-electron chi connectivity index (χ0n) is 10.0. The van der Waals surface area contributed by atoms with E-state index in [1.807, 2.05) is 0 Å². The van der Waals surface area contributed by atoms with Gasteiger partial charge < -0.3 is 15.4 Å². The Bertz CT molecular complexity index is 581. The number of nitrogens with zero attached hydrogens (tertiary/aromatic N) is 2. The Morgan fingerprint density at radius 1 is 1.33 bits per heavy atom. The third kappa shape index (κ3) is 1.75. The Morgan fingerprint density at radius 3 is 2.89 bits per heavy atom. The van der Waals surface area contributed by atoms with Crippen molar-refractivity contribution in [2.45, 2.75) is 37.8 Å². The van der Waals surface area contributed by atoms with Gasteiger partial charge in [-0.05, 0) is 31.0 Å². The summed E-state index contributed by atoms with van der Waals surface area (Å²) in [6, 6.07) is 4.33. The van der Waals surface area contributed by atoms with Gasteiger partial charge in [-0.3, -0.25) is 0 Å². The number of hydrogen-bond acceptors (Lipinski definition) is 3. The van der Waals surface area contributed by atoms with Crippen molar-refractivity contribution in [1.82, 2.24) is 9.55 Å². The van der Waals surface area contributed by atoms with Crippen molar-refractivity contribution in [2.75, 3.05) is 5.73 Å². The lowest BCUT2D eigenvalue weighted by molar-refractivity contribution is 0.0783. The molecule has 1 aliphatic rings. The van der Waals surface area contributed by atoms with Gasteiger partial charge in [-0.15, -0.1) is 0 Å². The van der Waals surface area contributed by atoms with Crippen LogP contribution in [-0.2, 0) is 0 Å². The van der Waals surface area contributed by atoms with Crippen molar-refractivity contribution in [3.63, 3.8) is 0 Å². The quantitative estimate of drug-likeness (QED) is 0.814. The molecule has 1 aromatic heterocycles. The smallest absolute Gasteiger partial charge is 0.201 e. The summed E-state index contributed by atoms with van der Waals surface area (Å²) < 4.78 is 15.1. The lowest BCUT2D eigenvalue weighted by Crippen LogP contribution is -2.28.